The van der Waals surface area contributed by atoms with Crippen LogP contribution in [0.15, 0.2) is 0 Å². The number of rotatable bonds is 9. The largest absolute Gasteiger partial charge is 0.341 e. The molecule has 2 atom stereocenters. The molecule has 4 nitrogen and oxygen atoms in total. The van der Waals surface area contributed by atoms with Crippen LogP contribution in [0.2, 0.25) is 0 Å². The van der Waals surface area contributed by atoms with Gasteiger partial charge in [0, 0.05) is 25.7 Å². The SMILES string of the molecule is CCN(CC)CCN(CC(C)C)C(=O)C(C)C(C)N.Cl.Cl. The Morgan fingerprint density at radius 3 is 1.81 bits per heavy atom. The third-order valence-electron chi connectivity index (χ3n) is 3.66. The first-order chi connectivity index (χ1) is 8.83. The Bertz CT molecular complexity index is 259. The molecule has 130 valence electrons. The third kappa shape index (κ3) is 10.3. The van der Waals surface area contributed by atoms with E-state index < -0.39 is 0 Å². The summed E-state index contributed by atoms with van der Waals surface area (Å²) in [6.07, 6.45) is 0. The Morgan fingerprint density at radius 2 is 1.48 bits per heavy atom. The highest BCUT2D eigenvalue weighted by Gasteiger charge is 2.23. The maximum atomic E-state index is 12.4. The van der Waals surface area contributed by atoms with E-state index in [-0.39, 0.29) is 42.7 Å². The fourth-order valence-electron chi connectivity index (χ4n) is 2.05. The fourth-order valence-corrected chi connectivity index (χ4v) is 2.05. The summed E-state index contributed by atoms with van der Waals surface area (Å²) in [5, 5.41) is 0. The van der Waals surface area contributed by atoms with Gasteiger partial charge in [0.05, 0.1) is 5.92 Å². The number of hydrogen-bond donors (Lipinski definition) is 1. The van der Waals surface area contributed by atoms with Crippen LogP contribution in [0.5, 0.6) is 0 Å². The Labute approximate surface area is 143 Å². The Balaban J connectivity index is -0.00000162. The van der Waals surface area contributed by atoms with E-state index in [1.807, 2.05) is 18.7 Å². The maximum Gasteiger partial charge on any atom is 0.227 e. The highest BCUT2D eigenvalue weighted by atomic mass is 35.5. The van der Waals surface area contributed by atoms with Crippen LogP contribution < -0.4 is 5.73 Å². The standard InChI is InChI=1S/C15H33N3O.2ClH/c1-7-17(8-2)9-10-18(11-12(3)4)15(19)13(5)14(6)16;;/h12-14H,7-11,16H2,1-6H3;2*1H. The lowest BCUT2D eigenvalue weighted by Crippen LogP contribution is -2.46. The highest BCUT2D eigenvalue weighted by Crippen LogP contribution is 2.09. The predicted octanol–water partition coefficient (Wildman–Crippen LogP) is 2.64. The molecule has 2 unspecified atom stereocenters. The van der Waals surface area contributed by atoms with E-state index in [0.717, 1.165) is 32.7 Å². The lowest BCUT2D eigenvalue weighted by Gasteiger charge is -2.31. The van der Waals surface area contributed by atoms with Crippen molar-refractivity contribution >= 4 is 30.7 Å². The van der Waals surface area contributed by atoms with E-state index in [1.165, 1.54) is 0 Å². The molecule has 0 bridgehead atoms. The molecule has 0 aromatic heterocycles. The van der Waals surface area contributed by atoms with Crippen molar-refractivity contribution in [2.45, 2.75) is 47.6 Å². The molecule has 0 aromatic carbocycles. The van der Waals surface area contributed by atoms with Crippen molar-refractivity contribution < 1.29 is 4.79 Å². The molecule has 0 radical (unpaired) electrons. The van der Waals surface area contributed by atoms with Crippen LogP contribution in [0.4, 0.5) is 0 Å². The van der Waals surface area contributed by atoms with E-state index >= 15 is 0 Å². The van der Waals surface area contributed by atoms with Crippen molar-refractivity contribution in [2.75, 3.05) is 32.7 Å². The van der Waals surface area contributed by atoms with Crippen LogP contribution in [0.25, 0.3) is 0 Å². The van der Waals surface area contributed by atoms with Gasteiger partial charge in [0.2, 0.25) is 5.91 Å². The average molecular weight is 344 g/mol. The van der Waals surface area contributed by atoms with Gasteiger partial charge in [-0.25, -0.2) is 0 Å². The number of nitrogens with zero attached hydrogens (tertiary/aromatic N) is 2. The van der Waals surface area contributed by atoms with Crippen LogP contribution >= 0.6 is 24.8 Å². The molecule has 0 saturated carbocycles. The van der Waals surface area contributed by atoms with Crippen LogP contribution in [-0.4, -0.2) is 54.5 Å². The minimum atomic E-state index is -0.101. The molecule has 21 heavy (non-hydrogen) atoms. The van der Waals surface area contributed by atoms with Gasteiger partial charge in [0.25, 0.3) is 0 Å². The first kappa shape index (κ1) is 25.9. The summed E-state index contributed by atoms with van der Waals surface area (Å²) in [6.45, 7) is 17.1. The van der Waals surface area contributed by atoms with E-state index in [0.29, 0.717) is 5.92 Å². The smallest absolute Gasteiger partial charge is 0.227 e. The molecule has 2 N–H and O–H groups in total. The normalized spacial score (nSPS) is 13.4. The molecule has 0 spiro atoms. The number of nitrogens with two attached hydrogens (primary N) is 1. The Kier molecular flexibility index (Phi) is 16.8. The highest BCUT2D eigenvalue weighted by molar-refractivity contribution is 5.85. The molecule has 0 aromatic rings. The zero-order valence-electron chi connectivity index (χ0n) is 14.5. The van der Waals surface area contributed by atoms with Gasteiger partial charge in [-0.15, -0.1) is 24.8 Å². The summed E-state index contributed by atoms with van der Waals surface area (Å²) < 4.78 is 0. The molecule has 6 heteroatoms. The van der Waals surface area contributed by atoms with Crippen LogP contribution in [0, 0.1) is 11.8 Å². The monoisotopic (exact) mass is 343 g/mol. The summed E-state index contributed by atoms with van der Waals surface area (Å²) in [6, 6.07) is -0.0874. The number of hydrogen-bond acceptors (Lipinski definition) is 3. The summed E-state index contributed by atoms with van der Waals surface area (Å²) in [7, 11) is 0. The van der Waals surface area contributed by atoms with Gasteiger partial charge in [-0.2, -0.15) is 0 Å². The van der Waals surface area contributed by atoms with E-state index in [1.54, 1.807) is 0 Å². The van der Waals surface area contributed by atoms with Crippen molar-refractivity contribution in [3.05, 3.63) is 0 Å². The summed E-state index contributed by atoms with van der Waals surface area (Å²) in [5.41, 5.74) is 5.86. The molecule has 0 rings (SSSR count). The minimum absolute atomic E-state index is 0. The van der Waals surface area contributed by atoms with Crippen molar-refractivity contribution in [1.29, 1.82) is 0 Å². The second-order valence-electron chi connectivity index (χ2n) is 5.85. The topological polar surface area (TPSA) is 49.6 Å². The molecule has 0 heterocycles. The van der Waals surface area contributed by atoms with Gasteiger partial charge in [0.15, 0.2) is 0 Å². The van der Waals surface area contributed by atoms with Crippen molar-refractivity contribution in [3.8, 4) is 0 Å². The quantitative estimate of drug-likeness (QED) is 0.700. The number of likely N-dealkylation sites (N-methyl/N-ethyl adjacent to an activating group) is 1. The number of halogens is 2. The van der Waals surface area contributed by atoms with Gasteiger partial charge in [-0.1, -0.05) is 34.6 Å². The molecule has 0 aliphatic carbocycles. The lowest BCUT2D eigenvalue weighted by molar-refractivity contribution is -0.136. The van der Waals surface area contributed by atoms with Gasteiger partial charge >= 0.3 is 0 Å². The van der Waals surface area contributed by atoms with Crippen LogP contribution in [0.3, 0.4) is 0 Å². The zero-order chi connectivity index (χ0) is 15.0. The Hall–Kier alpha value is -0.0300. The van der Waals surface area contributed by atoms with Crippen molar-refractivity contribution in [2.24, 2.45) is 17.6 Å². The van der Waals surface area contributed by atoms with Crippen molar-refractivity contribution in [3.63, 3.8) is 0 Å². The number of carbonyl (C=O) groups is 1. The van der Waals surface area contributed by atoms with Gasteiger partial charge in [0.1, 0.15) is 0 Å². The summed E-state index contributed by atoms with van der Waals surface area (Å²) in [4.78, 5) is 16.8. The van der Waals surface area contributed by atoms with Gasteiger partial charge in [-0.05, 0) is 25.9 Å². The fraction of sp³-hybridized carbons (Fsp3) is 0.933. The number of carbonyl (C=O) groups excluding carboxylic acids is 1. The summed E-state index contributed by atoms with van der Waals surface area (Å²) >= 11 is 0. The van der Waals surface area contributed by atoms with E-state index in [9.17, 15) is 4.79 Å². The zero-order valence-corrected chi connectivity index (χ0v) is 16.1. The Morgan fingerprint density at radius 1 is 1.00 bits per heavy atom. The second-order valence-corrected chi connectivity index (χ2v) is 5.85. The molecule has 0 aliphatic heterocycles. The van der Waals surface area contributed by atoms with Crippen LogP contribution in [0.1, 0.15) is 41.5 Å². The first-order valence-electron chi connectivity index (χ1n) is 7.60. The minimum Gasteiger partial charge on any atom is -0.341 e. The molecular weight excluding hydrogens is 309 g/mol. The van der Waals surface area contributed by atoms with E-state index in [4.69, 9.17) is 5.73 Å². The van der Waals surface area contributed by atoms with Gasteiger partial charge < -0.3 is 15.5 Å². The maximum absolute atomic E-state index is 12.4. The number of amides is 1. The average Bonchev–Trinajstić information content (AvgIpc) is 2.36. The summed E-state index contributed by atoms with van der Waals surface area (Å²) in [5.74, 6) is 0.576. The van der Waals surface area contributed by atoms with E-state index in [2.05, 4.69) is 32.6 Å². The van der Waals surface area contributed by atoms with Crippen LogP contribution in [-0.2, 0) is 4.79 Å². The van der Waals surface area contributed by atoms with Crippen molar-refractivity contribution in [1.82, 2.24) is 9.80 Å². The molecule has 0 fully saturated rings. The lowest BCUT2D eigenvalue weighted by atomic mass is 10.0. The third-order valence-corrected chi connectivity index (χ3v) is 3.66. The second kappa shape index (κ2) is 13.6. The first-order valence-corrected chi connectivity index (χ1v) is 7.60. The molecular formula is C15H35Cl2N3O. The molecule has 1 amide bonds. The predicted molar refractivity (Wildman–Crippen MR) is 96.5 cm³/mol. The molecule has 0 aliphatic rings. The van der Waals surface area contributed by atoms with Gasteiger partial charge in [-0.3, -0.25) is 4.79 Å². The molecule has 0 saturated heterocycles.